The van der Waals surface area contributed by atoms with Crippen molar-refractivity contribution in [1.29, 1.82) is 0 Å². The van der Waals surface area contributed by atoms with Crippen molar-refractivity contribution < 1.29 is 27.5 Å². The molecule has 1 aromatic carbocycles. The van der Waals surface area contributed by atoms with Gasteiger partial charge in [0.15, 0.2) is 0 Å². The highest BCUT2D eigenvalue weighted by Crippen LogP contribution is 2.36. The number of ether oxygens (including phenoxy) is 1. The topological polar surface area (TPSA) is 49.9 Å². The van der Waals surface area contributed by atoms with Gasteiger partial charge in [-0.25, -0.2) is 0 Å². The van der Waals surface area contributed by atoms with E-state index in [0.717, 1.165) is 10.5 Å². The van der Waals surface area contributed by atoms with Crippen LogP contribution in [0.25, 0.3) is 0 Å². The van der Waals surface area contributed by atoms with Gasteiger partial charge in [0.2, 0.25) is 5.91 Å². The van der Waals surface area contributed by atoms with Crippen LogP contribution in [0.2, 0.25) is 0 Å². The van der Waals surface area contributed by atoms with Crippen molar-refractivity contribution in [2.24, 2.45) is 0 Å². The number of nitrogens with zero attached hydrogens (tertiary/aromatic N) is 2. The zero-order valence-corrected chi connectivity index (χ0v) is 12.4. The maximum Gasteiger partial charge on any atom is 0.471 e. The molecule has 0 unspecified atom stereocenters. The summed E-state index contributed by atoms with van der Waals surface area (Å²) in [6.07, 6.45) is -4.31. The number of carbonyl (C=O) groups excluding carboxylic acids is 2. The van der Waals surface area contributed by atoms with Gasteiger partial charge < -0.3 is 14.5 Å². The number of hydrogen-bond acceptors (Lipinski definition) is 3. The molecule has 3 rings (SSSR count). The van der Waals surface area contributed by atoms with E-state index in [1.807, 2.05) is 0 Å². The minimum absolute atomic E-state index is 0.0128. The van der Waals surface area contributed by atoms with Gasteiger partial charge in [0.1, 0.15) is 5.75 Å². The van der Waals surface area contributed by atoms with Crippen molar-refractivity contribution in [3.05, 3.63) is 23.3 Å². The molecule has 0 spiro atoms. The van der Waals surface area contributed by atoms with E-state index in [4.69, 9.17) is 4.74 Å². The molecule has 0 N–H and O–H groups in total. The predicted octanol–water partition coefficient (Wildman–Crippen LogP) is 1.88. The summed E-state index contributed by atoms with van der Waals surface area (Å²) in [4.78, 5) is 25.5. The molecule has 0 radical (unpaired) electrons. The Balaban J connectivity index is 1.93. The molecule has 8 heteroatoms. The van der Waals surface area contributed by atoms with Gasteiger partial charge in [-0.3, -0.25) is 9.59 Å². The van der Waals surface area contributed by atoms with Crippen LogP contribution in [-0.2, 0) is 22.6 Å². The first-order valence-corrected chi connectivity index (χ1v) is 7.18. The van der Waals surface area contributed by atoms with Gasteiger partial charge in [0.25, 0.3) is 0 Å². The minimum Gasteiger partial charge on any atom is -0.491 e. The predicted molar refractivity (Wildman–Crippen MR) is 75.1 cm³/mol. The largest absolute Gasteiger partial charge is 0.491 e. The van der Waals surface area contributed by atoms with Crippen LogP contribution in [0.3, 0.4) is 0 Å². The lowest BCUT2D eigenvalue weighted by Crippen LogP contribution is -2.43. The van der Waals surface area contributed by atoms with Gasteiger partial charge in [-0.1, -0.05) is 0 Å². The molecule has 0 aromatic heterocycles. The van der Waals surface area contributed by atoms with Crippen LogP contribution in [0.15, 0.2) is 12.1 Å². The SMILES string of the molecule is CN1C(=O)CCOc2cc3c(cc21)CN(C(=O)C(F)(F)F)CC3. The number of amides is 2. The van der Waals surface area contributed by atoms with Crippen LogP contribution in [-0.4, -0.2) is 43.1 Å². The lowest BCUT2D eigenvalue weighted by Gasteiger charge is -2.30. The number of rotatable bonds is 0. The summed E-state index contributed by atoms with van der Waals surface area (Å²) in [5.74, 6) is -1.41. The van der Waals surface area contributed by atoms with Gasteiger partial charge in [0, 0.05) is 20.1 Å². The molecule has 0 fully saturated rings. The Bertz CT molecular complexity index is 673. The summed E-state index contributed by atoms with van der Waals surface area (Å²) in [6, 6.07) is 3.40. The average molecular weight is 328 g/mol. The lowest BCUT2D eigenvalue weighted by atomic mass is 9.98. The van der Waals surface area contributed by atoms with Gasteiger partial charge in [0.05, 0.1) is 18.7 Å². The van der Waals surface area contributed by atoms with Crippen LogP contribution >= 0.6 is 0 Å². The number of carbonyl (C=O) groups is 2. The zero-order chi connectivity index (χ0) is 16.8. The number of halogens is 3. The van der Waals surface area contributed by atoms with E-state index in [9.17, 15) is 22.8 Å². The summed E-state index contributed by atoms with van der Waals surface area (Å²) in [5, 5.41) is 0. The van der Waals surface area contributed by atoms with Crippen molar-refractivity contribution in [2.75, 3.05) is 25.1 Å². The molecule has 0 aliphatic carbocycles. The quantitative estimate of drug-likeness (QED) is 0.731. The number of anilines is 1. The smallest absolute Gasteiger partial charge is 0.471 e. The Morgan fingerprint density at radius 2 is 1.96 bits per heavy atom. The molecule has 2 aliphatic heterocycles. The van der Waals surface area contributed by atoms with Crippen molar-refractivity contribution in [3.63, 3.8) is 0 Å². The van der Waals surface area contributed by atoms with Gasteiger partial charge >= 0.3 is 12.1 Å². The molecule has 2 aliphatic rings. The van der Waals surface area contributed by atoms with E-state index in [1.165, 1.54) is 4.90 Å². The number of fused-ring (bicyclic) bond motifs is 2. The summed E-state index contributed by atoms with van der Waals surface area (Å²) < 4.78 is 43.3. The summed E-state index contributed by atoms with van der Waals surface area (Å²) in [7, 11) is 1.60. The van der Waals surface area contributed by atoms with E-state index in [0.29, 0.717) is 23.4 Å². The van der Waals surface area contributed by atoms with Crippen LogP contribution in [0.1, 0.15) is 17.5 Å². The number of benzene rings is 1. The van der Waals surface area contributed by atoms with Gasteiger partial charge in [-0.05, 0) is 29.7 Å². The second-order valence-corrected chi connectivity index (χ2v) is 5.61. The monoisotopic (exact) mass is 328 g/mol. The van der Waals surface area contributed by atoms with E-state index >= 15 is 0 Å². The van der Waals surface area contributed by atoms with Crippen molar-refractivity contribution in [3.8, 4) is 5.75 Å². The molecule has 0 saturated carbocycles. The van der Waals surface area contributed by atoms with Crippen molar-refractivity contribution in [1.82, 2.24) is 4.90 Å². The molecule has 0 atom stereocenters. The number of hydrogen-bond donors (Lipinski definition) is 0. The highest BCUT2D eigenvalue weighted by Gasteiger charge is 2.43. The zero-order valence-electron chi connectivity index (χ0n) is 12.4. The van der Waals surface area contributed by atoms with Crippen LogP contribution in [0.4, 0.5) is 18.9 Å². The maximum absolute atomic E-state index is 12.6. The first-order chi connectivity index (χ1) is 10.8. The van der Waals surface area contributed by atoms with Crippen molar-refractivity contribution >= 4 is 17.5 Å². The molecule has 2 amide bonds. The average Bonchev–Trinajstić information content (AvgIpc) is 2.63. The van der Waals surface area contributed by atoms with Gasteiger partial charge in [-0.15, -0.1) is 0 Å². The molecule has 5 nitrogen and oxygen atoms in total. The fourth-order valence-corrected chi connectivity index (χ4v) is 2.85. The Morgan fingerprint density at radius 3 is 2.65 bits per heavy atom. The normalized spacial score (nSPS) is 18.0. The Kier molecular flexibility index (Phi) is 3.69. The molecule has 2 heterocycles. The third kappa shape index (κ3) is 2.85. The van der Waals surface area contributed by atoms with Crippen LogP contribution in [0.5, 0.6) is 5.75 Å². The number of alkyl halides is 3. The molecular weight excluding hydrogens is 313 g/mol. The Labute approximate surface area is 130 Å². The third-order valence-corrected chi connectivity index (χ3v) is 4.13. The highest BCUT2D eigenvalue weighted by atomic mass is 19.4. The van der Waals surface area contributed by atoms with E-state index < -0.39 is 12.1 Å². The third-order valence-electron chi connectivity index (χ3n) is 4.13. The summed E-state index contributed by atoms with van der Waals surface area (Å²) in [6.45, 7) is 0.162. The molecule has 1 aromatic rings. The minimum atomic E-state index is -4.88. The summed E-state index contributed by atoms with van der Waals surface area (Å²) >= 11 is 0. The van der Waals surface area contributed by atoms with E-state index in [2.05, 4.69) is 0 Å². The standard InChI is InChI=1S/C15H15F3N2O3/c1-19-11-6-10-8-20(14(22)15(16,17)18)4-2-9(10)7-12(11)23-5-3-13(19)21/h6-7H,2-5,8H2,1H3. The second kappa shape index (κ2) is 5.43. The first kappa shape index (κ1) is 15.6. The molecule has 0 bridgehead atoms. The van der Waals surface area contributed by atoms with E-state index in [1.54, 1.807) is 19.2 Å². The Morgan fingerprint density at radius 1 is 1.22 bits per heavy atom. The fourth-order valence-electron chi connectivity index (χ4n) is 2.85. The molecular formula is C15H15F3N2O3. The fraction of sp³-hybridized carbons (Fsp3) is 0.467. The molecule has 0 saturated heterocycles. The maximum atomic E-state index is 12.6. The van der Waals surface area contributed by atoms with Crippen LogP contribution in [0, 0.1) is 0 Å². The van der Waals surface area contributed by atoms with Crippen molar-refractivity contribution in [2.45, 2.75) is 25.6 Å². The van der Waals surface area contributed by atoms with Crippen LogP contribution < -0.4 is 9.64 Å². The highest BCUT2D eigenvalue weighted by molar-refractivity contribution is 5.95. The second-order valence-electron chi connectivity index (χ2n) is 5.61. The van der Waals surface area contributed by atoms with E-state index in [-0.39, 0.29) is 32.0 Å². The van der Waals surface area contributed by atoms with Gasteiger partial charge in [-0.2, -0.15) is 13.2 Å². The first-order valence-electron chi connectivity index (χ1n) is 7.18. The molecule has 23 heavy (non-hydrogen) atoms. The Hall–Kier alpha value is -2.25. The molecule has 124 valence electrons. The summed E-state index contributed by atoms with van der Waals surface area (Å²) in [5.41, 5.74) is 1.98. The lowest BCUT2D eigenvalue weighted by molar-refractivity contribution is -0.186.